The number of nitrogens with zero attached hydrogens (tertiary/aromatic N) is 4. The second-order valence-corrected chi connectivity index (χ2v) is 7.68. The molecular weight excluding hydrogens is 324 g/mol. The minimum absolute atomic E-state index is 0.199. The van der Waals surface area contributed by atoms with Crippen LogP contribution in [0.15, 0.2) is 16.0 Å². The van der Waals surface area contributed by atoms with Crippen LogP contribution in [0.3, 0.4) is 0 Å². The van der Waals surface area contributed by atoms with Crippen molar-refractivity contribution in [1.82, 2.24) is 19.9 Å². The van der Waals surface area contributed by atoms with Crippen LogP contribution in [0.5, 0.6) is 0 Å². The van der Waals surface area contributed by atoms with Gasteiger partial charge in [0.2, 0.25) is 11.8 Å². The molecule has 7 heteroatoms. The summed E-state index contributed by atoms with van der Waals surface area (Å²) in [4.78, 5) is 22.8. The number of piperidine rings is 1. The molecular formula is C17H22N4O2S. The molecule has 0 saturated carbocycles. The fraction of sp³-hybridized carbons (Fsp3) is 0.588. The first-order valence-corrected chi connectivity index (χ1v) is 9.42. The minimum atomic E-state index is 0.199. The Labute approximate surface area is 145 Å². The number of aromatic nitrogens is 2. The Bertz CT molecular complexity index is 726. The van der Waals surface area contributed by atoms with Gasteiger partial charge >= 0.3 is 0 Å². The van der Waals surface area contributed by atoms with Crippen LogP contribution < -0.4 is 0 Å². The first kappa shape index (κ1) is 15.8. The van der Waals surface area contributed by atoms with Gasteiger partial charge in [0.1, 0.15) is 0 Å². The molecule has 0 unspecified atom stereocenters. The summed E-state index contributed by atoms with van der Waals surface area (Å²) in [6.45, 7) is 5.72. The van der Waals surface area contributed by atoms with Crippen LogP contribution in [-0.4, -0.2) is 52.0 Å². The maximum Gasteiger partial charge on any atom is 0.236 e. The van der Waals surface area contributed by atoms with Crippen molar-refractivity contribution in [3.8, 4) is 0 Å². The lowest BCUT2D eigenvalue weighted by Gasteiger charge is -2.34. The van der Waals surface area contributed by atoms with E-state index in [9.17, 15) is 4.79 Å². The summed E-state index contributed by atoms with van der Waals surface area (Å²) in [5, 5.41) is 6.19. The molecule has 1 atom stereocenters. The molecule has 4 rings (SSSR count). The maximum absolute atomic E-state index is 12.7. The van der Waals surface area contributed by atoms with E-state index in [-0.39, 0.29) is 11.8 Å². The highest BCUT2D eigenvalue weighted by Crippen LogP contribution is 2.26. The zero-order valence-electron chi connectivity index (χ0n) is 13.9. The molecule has 0 radical (unpaired) electrons. The molecule has 2 aromatic rings. The van der Waals surface area contributed by atoms with E-state index in [0.29, 0.717) is 19.0 Å². The molecule has 0 N–H and O–H groups in total. The molecule has 1 fully saturated rings. The van der Waals surface area contributed by atoms with Crippen LogP contribution in [0.25, 0.3) is 0 Å². The molecule has 1 saturated heterocycles. The van der Waals surface area contributed by atoms with Crippen molar-refractivity contribution in [2.75, 3.05) is 26.2 Å². The van der Waals surface area contributed by atoms with Gasteiger partial charge in [-0.1, -0.05) is 5.16 Å². The molecule has 0 aliphatic carbocycles. The highest BCUT2D eigenvalue weighted by Gasteiger charge is 2.29. The minimum Gasteiger partial charge on any atom is -0.341 e. The molecule has 0 bridgehead atoms. The Morgan fingerprint density at radius 3 is 3.21 bits per heavy atom. The quantitative estimate of drug-likeness (QED) is 0.853. The molecule has 2 aliphatic heterocycles. The number of likely N-dealkylation sites (tertiary alicyclic amines) is 1. The summed E-state index contributed by atoms with van der Waals surface area (Å²) < 4.78 is 5.09. The van der Waals surface area contributed by atoms with Crippen molar-refractivity contribution in [3.05, 3.63) is 33.6 Å². The number of aryl methyl sites for hydroxylation is 1. The highest BCUT2D eigenvalue weighted by molar-refractivity contribution is 7.10. The van der Waals surface area contributed by atoms with E-state index in [1.807, 2.05) is 16.2 Å². The van der Waals surface area contributed by atoms with E-state index in [0.717, 1.165) is 44.7 Å². The topological polar surface area (TPSA) is 62.5 Å². The number of thiophene rings is 1. The molecule has 1 amide bonds. The second kappa shape index (κ2) is 6.64. The van der Waals surface area contributed by atoms with Gasteiger partial charge in [-0.2, -0.15) is 4.98 Å². The first-order valence-electron chi connectivity index (χ1n) is 8.54. The number of carbonyl (C=O) groups excluding carboxylic acids is 1. The van der Waals surface area contributed by atoms with Crippen LogP contribution >= 0.6 is 11.3 Å². The normalized spacial score (nSPS) is 21.7. The van der Waals surface area contributed by atoms with Gasteiger partial charge < -0.3 is 9.42 Å². The number of carbonyl (C=O) groups is 1. The molecule has 4 heterocycles. The van der Waals surface area contributed by atoms with Gasteiger partial charge in [-0.3, -0.25) is 9.69 Å². The summed E-state index contributed by atoms with van der Waals surface area (Å²) in [6.07, 6.45) is 3.08. The third-order valence-electron chi connectivity index (χ3n) is 4.93. The molecule has 2 aromatic heterocycles. The third-order valence-corrected chi connectivity index (χ3v) is 5.95. The first-order chi connectivity index (χ1) is 11.7. The van der Waals surface area contributed by atoms with Crippen LogP contribution in [0.4, 0.5) is 0 Å². The molecule has 24 heavy (non-hydrogen) atoms. The molecule has 2 aliphatic rings. The van der Waals surface area contributed by atoms with Gasteiger partial charge in [0.05, 0.1) is 6.54 Å². The summed E-state index contributed by atoms with van der Waals surface area (Å²) >= 11 is 1.83. The lowest BCUT2D eigenvalue weighted by atomic mass is 9.97. The van der Waals surface area contributed by atoms with Crippen molar-refractivity contribution in [3.63, 3.8) is 0 Å². The Kier molecular flexibility index (Phi) is 4.37. The van der Waals surface area contributed by atoms with Crippen molar-refractivity contribution < 1.29 is 9.32 Å². The predicted molar refractivity (Wildman–Crippen MR) is 90.9 cm³/mol. The Morgan fingerprint density at radius 2 is 2.38 bits per heavy atom. The number of hydrogen-bond acceptors (Lipinski definition) is 6. The van der Waals surface area contributed by atoms with Crippen LogP contribution in [0.1, 0.15) is 40.9 Å². The average Bonchev–Trinajstić information content (AvgIpc) is 3.23. The van der Waals surface area contributed by atoms with Gasteiger partial charge in [0.25, 0.3) is 0 Å². The third kappa shape index (κ3) is 3.23. The maximum atomic E-state index is 12.7. The van der Waals surface area contributed by atoms with Crippen molar-refractivity contribution in [2.24, 2.45) is 0 Å². The highest BCUT2D eigenvalue weighted by atomic mass is 32.1. The Hall–Kier alpha value is -1.73. The SMILES string of the molecule is Cc1nc([C@H]2CCCN(C(=O)CN3CCc4sccc4C3)C2)no1. The predicted octanol–water partition coefficient (Wildman–Crippen LogP) is 2.20. The number of fused-ring (bicyclic) bond motifs is 1. The fourth-order valence-electron chi connectivity index (χ4n) is 3.63. The summed E-state index contributed by atoms with van der Waals surface area (Å²) in [6, 6.07) is 2.19. The summed E-state index contributed by atoms with van der Waals surface area (Å²) in [7, 11) is 0. The average molecular weight is 346 g/mol. The smallest absolute Gasteiger partial charge is 0.236 e. The second-order valence-electron chi connectivity index (χ2n) is 6.68. The van der Waals surface area contributed by atoms with E-state index in [4.69, 9.17) is 4.52 Å². The van der Waals surface area contributed by atoms with Crippen LogP contribution in [0.2, 0.25) is 0 Å². The monoisotopic (exact) mass is 346 g/mol. The molecule has 6 nitrogen and oxygen atoms in total. The zero-order valence-corrected chi connectivity index (χ0v) is 14.7. The lowest BCUT2D eigenvalue weighted by Crippen LogP contribution is -2.45. The number of amides is 1. The van der Waals surface area contributed by atoms with E-state index in [2.05, 4.69) is 26.5 Å². The fourth-order valence-corrected chi connectivity index (χ4v) is 4.52. The van der Waals surface area contributed by atoms with Gasteiger partial charge in [-0.05, 0) is 36.3 Å². The van der Waals surface area contributed by atoms with Gasteiger partial charge in [0, 0.05) is 43.9 Å². The van der Waals surface area contributed by atoms with Crippen molar-refractivity contribution >= 4 is 17.2 Å². The summed E-state index contributed by atoms with van der Waals surface area (Å²) in [5.74, 6) is 1.75. The van der Waals surface area contributed by atoms with E-state index in [1.54, 1.807) is 6.92 Å². The van der Waals surface area contributed by atoms with E-state index >= 15 is 0 Å². The van der Waals surface area contributed by atoms with E-state index in [1.165, 1.54) is 10.4 Å². The van der Waals surface area contributed by atoms with Crippen LogP contribution in [-0.2, 0) is 17.8 Å². The van der Waals surface area contributed by atoms with E-state index < -0.39 is 0 Å². The number of rotatable bonds is 3. The van der Waals surface area contributed by atoms with Gasteiger partial charge in [-0.25, -0.2) is 0 Å². The largest absolute Gasteiger partial charge is 0.341 e. The van der Waals surface area contributed by atoms with Gasteiger partial charge in [-0.15, -0.1) is 11.3 Å². The number of hydrogen-bond donors (Lipinski definition) is 0. The molecule has 0 spiro atoms. The van der Waals surface area contributed by atoms with Crippen molar-refractivity contribution in [1.29, 1.82) is 0 Å². The lowest BCUT2D eigenvalue weighted by molar-refractivity contribution is -0.133. The molecule has 0 aromatic carbocycles. The zero-order chi connectivity index (χ0) is 16.5. The Balaban J connectivity index is 1.36. The van der Waals surface area contributed by atoms with Crippen molar-refractivity contribution in [2.45, 2.75) is 38.6 Å². The molecule has 128 valence electrons. The van der Waals surface area contributed by atoms with Gasteiger partial charge in [0.15, 0.2) is 5.82 Å². The van der Waals surface area contributed by atoms with Crippen LogP contribution in [0, 0.1) is 6.92 Å². The summed E-state index contributed by atoms with van der Waals surface area (Å²) in [5.41, 5.74) is 1.39. The standard InChI is InChI=1S/C17H22N4O2S/c1-12-18-17(19-23-12)14-3-2-6-21(10-14)16(22)11-20-7-4-15-13(9-20)5-8-24-15/h5,8,14H,2-4,6-7,9-11H2,1H3/t14-/m0/s1. The Morgan fingerprint density at radius 1 is 1.46 bits per heavy atom.